The first-order chi connectivity index (χ1) is 14.7. The van der Waals surface area contributed by atoms with E-state index in [1.807, 2.05) is 12.3 Å². The van der Waals surface area contributed by atoms with Crippen molar-refractivity contribution in [2.45, 2.75) is 29.2 Å². The number of rotatable bonds is 7. The monoisotopic (exact) mass is 477 g/mol. The van der Waals surface area contributed by atoms with Crippen LogP contribution in [0.1, 0.15) is 23.0 Å². The molecule has 1 N–H and O–H groups in total. The average Bonchev–Trinajstić information content (AvgIpc) is 3.14. The molecule has 1 unspecified atom stereocenters. The zero-order chi connectivity index (χ0) is 22.5. The largest absolute Gasteiger partial charge is 0.449 e. The Kier molecular flexibility index (Phi) is 7.26. The highest BCUT2D eigenvalue weighted by atomic mass is 35.5. The fourth-order valence-electron chi connectivity index (χ4n) is 2.43. The summed E-state index contributed by atoms with van der Waals surface area (Å²) in [6, 6.07) is 10.6. The third kappa shape index (κ3) is 5.81. The number of nitro groups is 1. The lowest BCUT2D eigenvalue weighted by Crippen LogP contribution is -2.30. The molecule has 0 fully saturated rings. The van der Waals surface area contributed by atoms with E-state index in [0.29, 0.717) is 19.9 Å². The summed E-state index contributed by atoms with van der Waals surface area (Å²) >= 11 is 8.52. The summed E-state index contributed by atoms with van der Waals surface area (Å²) in [5.74, 6) is -1.44. The minimum atomic E-state index is -1.14. The minimum Gasteiger partial charge on any atom is -0.449 e. The van der Waals surface area contributed by atoms with Crippen LogP contribution in [0.15, 0.2) is 57.1 Å². The van der Waals surface area contributed by atoms with E-state index in [-0.39, 0.29) is 11.3 Å². The zero-order valence-electron chi connectivity index (χ0n) is 16.3. The van der Waals surface area contributed by atoms with E-state index >= 15 is 0 Å². The number of hydrogen-bond donors (Lipinski definition) is 1. The number of hydrogen-bond acceptors (Lipinski definition) is 8. The summed E-state index contributed by atoms with van der Waals surface area (Å²) in [4.78, 5) is 40.3. The van der Waals surface area contributed by atoms with Gasteiger partial charge in [-0.15, -0.1) is 11.3 Å². The molecule has 31 heavy (non-hydrogen) atoms. The second kappa shape index (κ2) is 9.90. The molecule has 0 bridgehead atoms. The van der Waals surface area contributed by atoms with Crippen molar-refractivity contribution in [2.75, 3.05) is 5.32 Å². The van der Waals surface area contributed by atoms with Gasteiger partial charge in [0.15, 0.2) is 10.4 Å². The van der Waals surface area contributed by atoms with Gasteiger partial charge in [-0.25, -0.2) is 9.78 Å². The number of thiazole rings is 1. The number of amides is 1. The first-order valence-electron chi connectivity index (χ1n) is 8.89. The number of carbonyl (C=O) groups excluding carboxylic acids is 2. The van der Waals surface area contributed by atoms with E-state index in [0.717, 1.165) is 23.5 Å². The molecule has 0 spiro atoms. The number of esters is 1. The van der Waals surface area contributed by atoms with Crippen LogP contribution >= 0.6 is 34.7 Å². The highest BCUT2D eigenvalue weighted by Crippen LogP contribution is 2.37. The summed E-state index contributed by atoms with van der Waals surface area (Å²) in [5.41, 5.74) is 0.912. The number of aromatic nitrogens is 1. The minimum absolute atomic E-state index is 0.0382. The number of nitro benzene ring substituents is 1. The molecule has 0 saturated heterocycles. The second-order valence-electron chi connectivity index (χ2n) is 6.31. The van der Waals surface area contributed by atoms with Gasteiger partial charge in [-0.05, 0) is 38.1 Å². The smallest absolute Gasteiger partial charge is 0.339 e. The number of halogens is 1. The topological polar surface area (TPSA) is 111 Å². The van der Waals surface area contributed by atoms with Gasteiger partial charge in [-0.1, -0.05) is 35.5 Å². The number of carbonyl (C=O) groups is 2. The Balaban J connectivity index is 1.72. The van der Waals surface area contributed by atoms with Gasteiger partial charge < -0.3 is 10.1 Å². The molecule has 0 radical (unpaired) electrons. The molecule has 3 rings (SSSR count). The molecule has 0 saturated carbocycles. The van der Waals surface area contributed by atoms with E-state index < -0.39 is 22.9 Å². The fraction of sp³-hybridized carbons (Fsp3) is 0.150. The van der Waals surface area contributed by atoms with Crippen molar-refractivity contribution in [1.82, 2.24) is 4.98 Å². The Morgan fingerprint density at radius 1 is 1.29 bits per heavy atom. The maximum atomic E-state index is 12.5. The van der Waals surface area contributed by atoms with Crippen molar-refractivity contribution < 1.29 is 19.2 Å². The van der Waals surface area contributed by atoms with E-state index in [1.54, 1.807) is 24.3 Å². The van der Waals surface area contributed by atoms with Crippen molar-refractivity contribution in [3.05, 3.63) is 74.2 Å². The number of aryl methyl sites for hydroxylation is 1. The first kappa shape index (κ1) is 22.7. The van der Waals surface area contributed by atoms with Gasteiger partial charge in [0, 0.05) is 17.1 Å². The van der Waals surface area contributed by atoms with Crippen molar-refractivity contribution in [3.63, 3.8) is 0 Å². The summed E-state index contributed by atoms with van der Waals surface area (Å²) in [7, 11) is 0. The number of nitrogens with zero attached hydrogens (tertiary/aromatic N) is 2. The van der Waals surface area contributed by atoms with Crippen molar-refractivity contribution in [1.29, 1.82) is 0 Å². The van der Waals surface area contributed by atoms with Crippen LogP contribution in [0.2, 0.25) is 5.02 Å². The molecule has 8 nitrogen and oxygen atoms in total. The Hall–Kier alpha value is -2.95. The number of nitrogens with one attached hydrogen (secondary N) is 1. The number of anilines is 1. The number of ether oxygens (including phenoxy) is 1. The molecule has 11 heteroatoms. The molecule has 0 aliphatic heterocycles. The fourth-order valence-corrected chi connectivity index (χ4v) is 4.49. The quantitative estimate of drug-likeness (QED) is 0.277. The highest BCUT2D eigenvalue weighted by Gasteiger charge is 2.23. The van der Waals surface area contributed by atoms with Crippen LogP contribution in [0.25, 0.3) is 0 Å². The molecule has 1 amide bonds. The molecule has 1 aromatic heterocycles. The van der Waals surface area contributed by atoms with Gasteiger partial charge in [0.05, 0.1) is 26.1 Å². The maximum absolute atomic E-state index is 12.5. The van der Waals surface area contributed by atoms with Crippen LogP contribution in [0.4, 0.5) is 11.4 Å². The molecule has 0 aliphatic carbocycles. The van der Waals surface area contributed by atoms with Crippen molar-refractivity contribution in [2.24, 2.45) is 0 Å². The molecule has 1 heterocycles. The number of benzene rings is 2. The molecule has 1 atom stereocenters. The SMILES string of the molecule is Cc1csc(Sc2ccc(C(=O)OC(C)C(=O)Nc3ccccc3Cl)cc2[N+](=O)[O-])n1. The summed E-state index contributed by atoms with van der Waals surface area (Å²) in [6.07, 6.45) is -1.14. The molecular formula is C20H16ClN3O5S2. The van der Waals surface area contributed by atoms with Crippen molar-refractivity contribution in [3.8, 4) is 0 Å². The predicted molar refractivity (Wildman–Crippen MR) is 119 cm³/mol. The lowest BCUT2D eigenvalue weighted by molar-refractivity contribution is -0.387. The molecule has 0 aliphatic rings. The van der Waals surface area contributed by atoms with Crippen molar-refractivity contribution >= 4 is 58.0 Å². The van der Waals surface area contributed by atoms with E-state index in [2.05, 4.69) is 10.3 Å². The summed E-state index contributed by atoms with van der Waals surface area (Å²) in [5, 5.41) is 16.3. The maximum Gasteiger partial charge on any atom is 0.339 e. The second-order valence-corrected chi connectivity index (χ2v) is 8.87. The molecular weight excluding hydrogens is 462 g/mol. The van der Waals surface area contributed by atoms with Gasteiger partial charge in [-0.2, -0.15) is 0 Å². The molecule has 3 aromatic rings. The Morgan fingerprint density at radius 3 is 2.68 bits per heavy atom. The van der Waals surface area contributed by atoms with Gasteiger partial charge in [0.2, 0.25) is 0 Å². The number of para-hydroxylation sites is 1. The molecule has 2 aromatic carbocycles. The van der Waals surface area contributed by atoms with E-state index in [9.17, 15) is 19.7 Å². The van der Waals surface area contributed by atoms with E-state index in [1.165, 1.54) is 30.4 Å². The predicted octanol–water partition coefficient (Wildman–Crippen LogP) is 5.35. The van der Waals surface area contributed by atoms with Crippen LogP contribution in [0.5, 0.6) is 0 Å². The van der Waals surface area contributed by atoms with Gasteiger partial charge in [-0.3, -0.25) is 14.9 Å². The van der Waals surface area contributed by atoms with E-state index in [4.69, 9.17) is 16.3 Å². The van der Waals surface area contributed by atoms with Crippen LogP contribution in [-0.4, -0.2) is 27.9 Å². The van der Waals surface area contributed by atoms with Gasteiger partial charge in [0.25, 0.3) is 11.6 Å². The van der Waals surface area contributed by atoms with Gasteiger partial charge in [0.1, 0.15) is 0 Å². The average molecular weight is 478 g/mol. The van der Waals surface area contributed by atoms with Crippen LogP contribution in [0, 0.1) is 17.0 Å². The lowest BCUT2D eigenvalue weighted by atomic mass is 10.2. The zero-order valence-corrected chi connectivity index (χ0v) is 18.7. The summed E-state index contributed by atoms with van der Waals surface area (Å²) < 4.78 is 5.83. The standard InChI is InChI=1S/C20H16ClN3O5S2/c1-11-10-30-20(22-11)31-17-8-7-13(9-16(17)24(27)28)19(26)29-12(2)18(25)23-15-6-4-3-5-14(15)21/h3-10,12H,1-2H3,(H,23,25). The third-order valence-electron chi connectivity index (χ3n) is 3.97. The van der Waals surface area contributed by atoms with Crippen LogP contribution in [0.3, 0.4) is 0 Å². The summed E-state index contributed by atoms with van der Waals surface area (Å²) in [6.45, 7) is 3.23. The normalized spacial score (nSPS) is 11.6. The molecule has 160 valence electrons. The highest BCUT2D eigenvalue weighted by molar-refractivity contribution is 8.01. The first-order valence-corrected chi connectivity index (χ1v) is 11.0. The van der Waals surface area contributed by atoms with Crippen LogP contribution < -0.4 is 5.32 Å². The van der Waals surface area contributed by atoms with Gasteiger partial charge >= 0.3 is 5.97 Å². The van der Waals surface area contributed by atoms with Crippen LogP contribution in [-0.2, 0) is 9.53 Å². The Labute approximate surface area is 190 Å². The third-order valence-corrected chi connectivity index (χ3v) is 6.42. The lowest BCUT2D eigenvalue weighted by Gasteiger charge is -2.14. The Bertz CT molecular complexity index is 1150. The Morgan fingerprint density at radius 2 is 2.03 bits per heavy atom.